The molecule has 1 aliphatic rings. The summed E-state index contributed by atoms with van der Waals surface area (Å²) in [4.78, 5) is 32.0. The molecule has 0 unspecified atom stereocenters. The number of benzene rings is 2. The summed E-state index contributed by atoms with van der Waals surface area (Å²) in [7, 11) is 1.90. The molecule has 33 heavy (non-hydrogen) atoms. The number of aromatic nitrogens is 3. The van der Waals surface area contributed by atoms with E-state index in [0.29, 0.717) is 37.9 Å². The summed E-state index contributed by atoms with van der Waals surface area (Å²) in [5.74, 6) is 0.225. The number of carbonyl (C=O) groups is 2. The number of aryl methyl sites for hydroxylation is 1. The van der Waals surface area contributed by atoms with Gasteiger partial charge in [-0.3, -0.25) is 19.3 Å². The second-order valence-electron chi connectivity index (χ2n) is 8.72. The Bertz CT molecular complexity index is 1300. The van der Waals surface area contributed by atoms with E-state index in [4.69, 9.17) is 0 Å². The number of nitrogens with zero attached hydrogens (tertiary/aromatic N) is 4. The van der Waals surface area contributed by atoms with Gasteiger partial charge >= 0.3 is 0 Å². The Kier molecular flexibility index (Phi) is 5.73. The van der Waals surface area contributed by atoms with Crippen LogP contribution in [0.4, 0.5) is 0 Å². The molecule has 4 aromatic rings. The third-order valence-corrected chi connectivity index (χ3v) is 6.43. The molecule has 1 aliphatic heterocycles. The van der Waals surface area contributed by atoms with Crippen molar-refractivity contribution in [3.63, 3.8) is 0 Å². The second-order valence-corrected chi connectivity index (χ2v) is 8.72. The van der Waals surface area contributed by atoms with Crippen LogP contribution in [-0.2, 0) is 18.3 Å². The first-order valence-corrected chi connectivity index (χ1v) is 11.3. The Balaban J connectivity index is 1.24. The van der Waals surface area contributed by atoms with Crippen LogP contribution >= 0.6 is 0 Å². The number of carbonyl (C=O) groups excluding carboxylic acids is 2. The summed E-state index contributed by atoms with van der Waals surface area (Å²) in [5.41, 5.74) is 3.65. The maximum atomic E-state index is 13.0. The van der Waals surface area contributed by atoms with Gasteiger partial charge in [0.05, 0.1) is 6.20 Å². The van der Waals surface area contributed by atoms with Gasteiger partial charge in [-0.05, 0) is 48.1 Å². The Morgan fingerprint density at radius 3 is 2.45 bits per heavy atom. The van der Waals surface area contributed by atoms with Crippen molar-refractivity contribution in [3.8, 4) is 11.1 Å². The van der Waals surface area contributed by atoms with Crippen LogP contribution in [0.1, 0.15) is 28.9 Å². The summed E-state index contributed by atoms with van der Waals surface area (Å²) in [6.07, 6.45) is 7.41. The standard InChI is InChI=1S/C27H26N4O2/c1-30-18-24(17-29-30)21-7-8-22-16-28-25(14-23(22)13-21)15-26(32)19-9-11-31(12-10-19)27(33)20-5-3-2-4-6-20/h2-8,13-14,16-19H,9-12,15H2,1H3. The third-order valence-electron chi connectivity index (χ3n) is 6.43. The maximum absolute atomic E-state index is 13.0. The molecular weight excluding hydrogens is 412 g/mol. The fourth-order valence-electron chi connectivity index (χ4n) is 4.52. The second kappa shape index (κ2) is 8.98. The lowest BCUT2D eigenvalue weighted by atomic mass is 9.89. The Hall–Kier alpha value is -3.80. The lowest BCUT2D eigenvalue weighted by Gasteiger charge is -2.31. The van der Waals surface area contributed by atoms with Crippen molar-refractivity contribution in [2.24, 2.45) is 13.0 Å². The number of amides is 1. The minimum atomic E-state index is -0.0240. The number of likely N-dealkylation sites (tertiary alicyclic amines) is 1. The van der Waals surface area contributed by atoms with Crippen LogP contribution in [0.2, 0.25) is 0 Å². The van der Waals surface area contributed by atoms with Gasteiger partial charge in [0, 0.05) is 67.1 Å². The average molecular weight is 439 g/mol. The molecule has 2 aromatic carbocycles. The molecule has 1 saturated heterocycles. The third kappa shape index (κ3) is 4.55. The van der Waals surface area contributed by atoms with E-state index in [-0.39, 0.29) is 17.6 Å². The molecular formula is C27H26N4O2. The number of fused-ring (bicyclic) bond motifs is 1. The van der Waals surface area contributed by atoms with Crippen LogP contribution in [0.3, 0.4) is 0 Å². The summed E-state index contributed by atoms with van der Waals surface area (Å²) < 4.78 is 1.79. The lowest BCUT2D eigenvalue weighted by molar-refractivity contribution is -0.123. The van der Waals surface area contributed by atoms with Gasteiger partial charge in [-0.1, -0.05) is 30.3 Å². The fraction of sp³-hybridized carbons (Fsp3) is 0.259. The predicted molar refractivity (Wildman–Crippen MR) is 128 cm³/mol. The van der Waals surface area contributed by atoms with E-state index in [1.54, 1.807) is 4.68 Å². The normalized spacial score (nSPS) is 14.5. The number of ketones is 1. The van der Waals surface area contributed by atoms with Crippen molar-refractivity contribution in [1.29, 1.82) is 0 Å². The molecule has 0 bridgehead atoms. The van der Waals surface area contributed by atoms with Gasteiger partial charge in [0.25, 0.3) is 5.91 Å². The van der Waals surface area contributed by atoms with E-state index in [9.17, 15) is 9.59 Å². The summed E-state index contributed by atoms with van der Waals surface area (Å²) >= 11 is 0. The van der Waals surface area contributed by atoms with Gasteiger partial charge in [-0.2, -0.15) is 5.10 Å². The first-order chi connectivity index (χ1) is 16.1. The highest BCUT2D eigenvalue weighted by molar-refractivity contribution is 5.94. The zero-order chi connectivity index (χ0) is 22.8. The number of piperidine rings is 1. The zero-order valence-electron chi connectivity index (χ0n) is 18.6. The van der Waals surface area contributed by atoms with E-state index in [1.807, 2.05) is 66.9 Å². The maximum Gasteiger partial charge on any atom is 0.253 e. The van der Waals surface area contributed by atoms with E-state index in [0.717, 1.165) is 27.6 Å². The molecule has 0 spiro atoms. The molecule has 1 fully saturated rings. The number of rotatable bonds is 5. The van der Waals surface area contributed by atoms with E-state index in [1.165, 1.54) is 0 Å². The van der Waals surface area contributed by atoms with E-state index >= 15 is 0 Å². The zero-order valence-corrected chi connectivity index (χ0v) is 18.6. The molecule has 3 heterocycles. The van der Waals surface area contributed by atoms with Crippen LogP contribution in [0.5, 0.6) is 0 Å². The first kappa shape index (κ1) is 21.1. The number of Topliss-reactive ketones (excluding diaryl/α,β-unsaturated/α-hetero) is 1. The summed E-state index contributed by atoms with van der Waals surface area (Å²) in [5, 5.41) is 6.37. The van der Waals surface area contributed by atoms with Crippen LogP contribution in [-0.4, -0.2) is 44.4 Å². The molecule has 0 atom stereocenters. The largest absolute Gasteiger partial charge is 0.339 e. The number of hydrogen-bond acceptors (Lipinski definition) is 4. The highest BCUT2D eigenvalue weighted by Crippen LogP contribution is 2.25. The van der Waals surface area contributed by atoms with Gasteiger partial charge < -0.3 is 4.90 Å². The smallest absolute Gasteiger partial charge is 0.253 e. The van der Waals surface area contributed by atoms with Crippen molar-refractivity contribution >= 4 is 22.5 Å². The minimum Gasteiger partial charge on any atom is -0.339 e. The predicted octanol–water partition coefficient (Wildman–Crippen LogP) is 4.30. The SMILES string of the molecule is Cn1cc(-c2ccc3cnc(CC(=O)C4CCN(C(=O)c5ccccc5)CC4)cc3c2)cn1. The van der Waals surface area contributed by atoms with Gasteiger partial charge in [0.15, 0.2) is 0 Å². The molecule has 166 valence electrons. The molecule has 2 aromatic heterocycles. The number of pyridine rings is 1. The Labute approximate surface area is 192 Å². The highest BCUT2D eigenvalue weighted by Gasteiger charge is 2.27. The monoisotopic (exact) mass is 438 g/mol. The van der Waals surface area contributed by atoms with Gasteiger partial charge in [-0.25, -0.2) is 0 Å². The Morgan fingerprint density at radius 1 is 0.939 bits per heavy atom. The quantitative estimate of drug-likeness (QED) is 0.466. The fourth-order valence-corrected chi connectivity index (χ4v) is 4.52. The lowest BCUT2D eigenvalue weighted by Crippen LogP contribution is -2.40. The van der Waals surface area contributed by atoms with Crippen molar-refractivity contribution < 1.29 is 9.59 Å². The Morgan fingerprint density at radius 2 is 1.73 bits per heavy atom. The summed E-state index contributed by atoms with van der Waals surface area (Å²) in [6, 6.07) is 17.6. The molecule has 0 saturated carbocycles. The molecule has 6 heteroatoms. The van der Waals surface area contributed by atoms with Crippen molar-refractivity contribution in [1.82, 2.24) is 19.7 Å². The van der Waals surface area contributed by atoms with Gasteiger partial charge in [0.2, 0.25) is 0 Å². The highest BCUT2D eigenvalue weighted by atomic mass is 16.2. The molecule has 0 radical (unpaired) electrons. The van der Waals surface area contributed by atoms with Crippen molar-refractivity contribution in [3.05, 3.63) is 84.4 Å². The van der Waals surface area contributed by atoms with Crippen LogP contribution < -0.4 is 0 Å². The molecule has 0 N–H and O–H groups in total. The first-order valence-electron chi connectivity index (χ1n) is 11.3. The van der Waals surface area contributed by atoms with Crippen LogP contribution in [0.15, 0.2) is 73.2 Å². The van der Waals surface area contributed by atoms with Crippen molar-refractivity contribution in [2.45, 2.75) is 19.3 Å². The summed E-state index contributed by atoms with van der Waals surface area (Å²) in [6.45, 7) is 1.23. The topological polar surface area (TPSA) is 68.1 Å². The molecule has 0 aliphatic carbocycles. The van der Waals surface area contributed by atoms with Crippen molar-refractivity contribution in [2.75, 3.05) is 13.1 Å². The van der Waals surface area contributed by atoms with Gasteiger partial charge in [0.1, 0.15) is 5.78 Å². The van der Waals surface area contributed by atoms with Crippen LogP contribution in [0, 0.1) is 5.92 Å². The van der Waals surface area contributed by atoms with Gasteiger partial charge in [-0.15, -0.1) is 0 Å². The minimum absolute atomic E-state index is 0.0240. The number of hydrogen-bond donors (Lipinski definition) is 0. The molecule has 1 amide bonds. The van der Waals surface area contributed by atoms with E-state index in [2.05, 4.69) is 28.3 Å². The van der Waals surface area contributed by atoms with E-state index < -0.39 is 0 Å². The molecule has 5 rings (SSSR count). The van der Waals surface area contributed by atoms with Crippen LogP contribution in [0.25, 0.3) is 21.9 Å². The average Bonchev–Trinajstić information content (AvgIpc) is 3.30. The molecule has 6 nitrogen and oxygen atoms in total.